The normalized spacial score (nSPS) is 16.0. The molecule has 0 N–H and O–H groups in total. The van der Waals surface area contributed by atoms with Crippen LogP contribution in [-0.2, 0) is 17.6 Å². The van der Waals surface area contributed by atoms with Gasteiger partial charge in [0.05, 0.1) is 18.5 Å². The number of fused-ring (bicyclic) bond motifs is 1. The lowest BCUT2D eigenvalue weighted by Crippen LogP contribution is -2.45. The van der Waals surface area contributed by atoms with Gasteiger partial charge in [-0.25, -0.2) is 9.18 Å². The van der Waals surface area contributed by atoms with E-state index in [0.717, 1.165) is 17.7 Å². The number of alkyl halides is 1. The minimum Gasteiger partial charge on any atom is -0.426 e. The van der Waals surface area contributed by atoms with Crippen LogP contribution in [0.25, 0.3) is 0 Å². The Balaban J connectivity index is 2.45. The molecule has 2 rings (SSSR count). The number of imide groups is 1. The highest BCUT2D eigenvalue weighted by Crippen LogP contribution is 2.23. The molecule has 0 radical (unpaired) electrons. The van der Waals surface area contributed by atoms with Crippen LogP contribution >= 0.6 is 0 Å². The molecule has 0 spiro atoms. The third-order valence-corrected chi connectivity index (χ3v) is 3.42. The van der Waals surface area contributed by atoms with Crippen LogP contribution in [0.3, 0.4) is 0 Å². The van der Waals surface area contributed by atoms with Crippen molar-refractivity contribution in [1.29, 1.82) is 0 Å². The molecule has 1 aromatic heterocycles. The van der Waals surface area contributed by atoms with Crippen LogP contribution < -0.4 is 5.63 Å². The first-order chi connectivity index (χ1) is 9.93. The van der Waals surface area contributed by atoms with E-state index in [1.807, 2.05) is 6.92 Å². The van der Waals surface area contributed by atoms with E-state index in [0.29, 0.717) is 12.0 Å². The Morgan fingerprint density at radius 3 is 2.71 bits per heavy atom. The smallest absolute Gasteiger partial charge is 0.336 e. The fraction of sp³-hybridized carbons (Fsp3) is 0.533. The predicted octanol–water partition coefficient (Wildman–Crippen LogP) is 1.87. The molecule has 0 aromatic carbocycles. The standard InChI is InChI=1S/C15H18FNO4/c1-3-4-5-10-6-13(19)21-11-7-12(18)17(8-9(2)16)15(20)14(10)11/h6,9H,3-5,7-8H2,1-2H3. The Morgan fingerprint density at radius 1 is 1.38 bits per heavy atom. The van der Waals surface area contributed by atoms with Gasteiger partial charge in [-0.15, -0.1) is 0 Å². The molecule has 1 atom stereocenters. The summed E-state index contributed by atoms with van der Waals surface area (Å²) >= 11 is 0. The number of amides is 2. The van der Waals surface area contributed by atoms with Crippen molar-refractivity contribution in [2.45, 2.75) is 45.7 Å². The molecule has 0 aliphatic carbocycles. The summed E-state index contributed by atoms with van der Waals surface area (Å²) < 4.78 is 18.2. The van der Waals surface area contributed by atoms with Crippen LogP contribution in [0.4, 0.5) is 4.39 Å². The quantitative estimate of drug-likeness (QED) is 0.778. The molecule has 1 aliphatic heterocycles. The highest BCUT2D eigenvalue weighted by atomic mass is 19.1. The first kappa shape index (κ1) is 15.4. The van der Waals surface area contributed by atoms with E-state index in [-0.39, 0.29) is 24.3 Å². The number of hydrogen-bond acceptors (Lipinski definition) is 4. The molecule has 21 heavy (non-hydrogen) atoms. The molecule has 5 nitrogen and oxygen atoms in total. The van der Waals surface area contributed by atoms with E-state index in [9.17, 15) is 18.8 Å². The molecule has 1 unspecified atom stereocenters. The summed E-state index contributed by atoms with van der Waals surface area (Å²) in [6.45, 7) is 3.02. The largest absolute Gasteiger partial charge is 0.426 e. The summed E-state index contributed by atoms with van der Waals surface area (Å²) in [6.07, 6.45) is 0.811. The molecule has 114 valence electrons. The number of aryl methyl sites for hydroxylation is 1. The van der Waals surface area contributed by atoms with Crippen LogP contribution in [-0.4, -0.2) is 29.4 Å². The lowest BCUT2D eigenvalue weighted by molar-refractivity contribution is -0.129. The van der Waals surface area contributed by atoms with E-state index in [2.05, 4.69) is 0 Å². The number of halogens is 1. The molecular formula is C15H18FNO4. The summed E-state index contributed by atoms with van der Waals surface area (Å²) in [5.41, 5.74) is 0.271. The summed E-state index contributed by atoms with van der Waals surface area (Å²) in [6, 6.07) is 1.29. The maximum atomic E-state index is 13.2. The maximum Gasteiger partial charge on any atom is 0.336 e. The molecule has 6 heteroatoms. The van der Waals surface area contributed by atoms with Crippen molar-refractivity contribution < 1.29 is 18.4 Å². The molecule has 1 aromatic rings. The van der Waals surface area contributed by atoms with Crippen molar-refractivity contribution in [1.82, 2.24) is 4.90 Å². The molecule has 2 amide bonds. The van der Waals surface area contributed by atoms with E-state index in [1.54, 1.807) is 0 Å². The Bertz CT molecular complexity index is 621. The van der Waals surface area contributed by atoms with Crippen molar-refractivity contribution >= 4 is 11.8 Å². The highest BCUT2D eigenvalue weighted by Gasteiger charge is 2.35. The first-order valence-corrected chi connectivity index (χ1v) is 7.08. The van der Waals surface area contributed by atoms with Gasteiger partial charge in [-0.05, 0) is 25.3 Å². The number of rotatable bonds is 5. The van der Waals surface area contributed by atoms with Gasteiger partial charge >= 0.3 is 5.63 Å². The van der Waals surface area contributed by atoms with Crippen molar-refractivity contribution in [3.63, 3.8) is 0 Å². The molecule has 0 saturated carbocycles. The average Bonchev–Trinajstić information content (AvgIpc) is 2.39. The number of unbranched alkanes of at least 4 members (excludes halogenated alkanes) is 1. The van der Waals surface area contributed by atoms with Crippen molar-refractivity contribution in [3.05, 3.63) is 33.4 Å². The minimum atomic E-state index is -1.30. The Labute approximate surface area is 121 Å². The van der Waals surface area contributed by atoms with Crippen molar-refractivity contribution in [2.75, 3.05) is 6.54 Å². The molecule has 0 fully saturated rings. The second-order valence-electron chi connectivity index (χ2n) is 5.26. The predicted molar refractivity (Wildman–Crippen MR) is 73.9 cm³/mol. The maximum absolute atomic E-state index is 13.2. The van der Waals surface area contributed by atoms with Crippen molar-refractivity contribution in [2.24, 2.45) is 0 Å². The zero-order valence-corrected chi connectivity index (χ0v) is 12.1. The summed E-state index contributed by atoms with van der Waals surface area (Å²) in [5, 5.41) is 0. The second-order valence-corrected chi connectivity index (χ2v) is 5.26. The molecular weight excluding hydrogens is 277 g/mol. The zero-order chi connectivity index (χ0) is 15.6. The number of hydrogen-bond donors (Lipinski definition) is 0. The second kappa shape index (κ2) is 6.20. The van der Waals surface area contributed by atoms with Crippen LogP contribution in [0.15, 0.2) is 15.3 Å². The zero-order valence-electron chi connectivity index (χ0n) is 12.1. The van der Waals surface area contributed by atoms with Gasteiger partial charge in [-0.3, -0.25) is 14.5 Å². The van der Waals surface area contributed by atoms with Crippen LogP contribution in [0.2, 0.25) is 0 Å². The number of carbonyl (C=O) groups is 2. The van der Waals surface area contributed by atoms with E-state index in [1.165, 1.54) is 13.0 Å². The fourth-order valence-electron chi connectivity index (χ4n) is 2.46. The van der Waals surface area contributed by atoms with Gasteiger partial charge in [0.15, 0.2) is 0 Å². The Morgan fingerprint density at radius 2 is 2.10 bits per heavy atom. The molecule has 0 saturated heterocycles. The summed E-state index contributed by atoms with van der Waals surface area (Å²) in [7, 11) is 0. The summed E-state index contributed by atoms with van der Waals surface area (Å²) in [4.78, 5) is 36.8. The first-order valence-electron chi connectivity index (χ1n) is 7.08. The lowest BCUT2D eigenvalue weighted by atomic mass is 9.96. The molecule has 2 heterocycles. The van der Waals surface area contributed by atoms with Gasteiger partial charge in [0.25, 0.3) is 5.91 Å². The van der Waals surface area contributed by atoms with Gasteiger partial charge in [0.2, 0.25) is 5.91 Å². The highest BCUT2D eigenvalue weighted by molar-refractivity contribution is 6.09. The molecule has 1 aliphatic rings. The van der Waals surface area contributed by atoms with E-state index < -0.39 is 23.6 Å². The van der Waals surface area contributed by atoms with Gasteiger partial charge in [0.1, 0.15) is 11.9 Å². The van der Waals surface area contributed by atoms with Gasteiger partial charge in [0, 0.05) is 6.07 Å². The monoisotopic (exact) mass is 295 g/mol. The minimum absolute atomic E-state index is 0.103. The third kappa shape index (κ3) is 3.20. The lowest BCUT2D eigenvalue weighted by Gasteiger charge is -2.27. The van der Waals surface area contributed by atoms with Crippen LogP contribution in [0.1, 0.15) is 48.4 Å². The van der Waals surface area contributed by atoms with Gasteiger partial charge in [-0.2, -0.15) is 0 Å². The van der Waals surface area contributed by atoms with E-state index >= 15 is 0 Å². The Kier molecular flexibility index (Phi) is 4.55. The average molecular weight is 295 g/mol. The van der Waals surface area contributed by atoms with Gasteiger partial charge in [-0.1, -0.05) is 13.3 Å². The van der Waals surface area contributed by atoms with Crippen LogP contribution in [0.5, 0.6) is 0 Å². The van der Waals surface area contributed by atoms with Gasteiger partial charge < -0.3 is 4.42 Å². The topological polar surface area (TPSA) is 67.6 Å². The SMILES string of the molecule is CCCCc1cc(=O)oc2c1C(=O)N(CC(C)F)C(=O)C2. The number of nitrogens with zero attached hydrogens (tertiary/aromatic N) is 1. The van der Waals surface area contributed by atoms with Crippen molar-refractivity contribution in [3.8, 4) is 0 Å². The van der Waals surface area contributed by atoms with E-state index in [4.69, 9.17) is 4.42 Å². The summed E-state index contributed by atoms with van der Waals surface area (Å²) in [5.74, 6) is -1.00. The Hall–Kier alpha value is -1.98. The third-order valence-electron chi connectivity index (χ3n) is 3.42. The number of carbonyl (C=O) groups excluding carboxylic acids is 2. The van der Waals surface area contributed by atoms with Crippen LogP contribution in [0, 0.1) is 0 Å². The molecule has 0 bridgehead atoms. The fourth-order valence-corrected chi connectivity index (χ4v) is 2.46.